The van der Waals surface area contributed by atoms with Crippen LogP contribution in [0.25, 0.3) is 0 Å². The highest BCUT2D eigenvalue weighted by molar-refractivity contribution is 9.09. The summed E-state index contributed by atoms with van der Waals surface area (Å²) in [5, 5.41) is 2.30. The van der Waals surface area contributed by atoms with Crippen LogP contribution in [0.2, 0.25) is 0 Å². The maximum atomic E-state index is 4.51. The van der Waals surface area contributed by atoms with Gasteiger partial charge >= 0.3 is 0 Å². The summed E-state index contributed by atoms with van der Waals surface area (Å²) in [5.41, 5.74) is 2.43. The molecule has 1 aromatic heterocycles. The summed E-state index contributed by atoms with van der Waals surface area (Å²) in [6.07, 6.45) is 3.87. The Labute approximate surface area is 105 Å². The van der Waals surface area contributed by atoms with Gasteiger partial charge in [0.25, 0.3) is 0 Å². The molecule has 0 saturated carbocycles. The van der Waals surface area contributed by atoms with Crippen LogP contribution in [0.3, 0.4) is 0 Å². The molecular formula is C12H18BrNS. The lowest BCUT2D eigenvalue weighted by Crippen LogP contribution is -1.88. The average Bonchev–Trinajstić information content (AvgIpc) is 2.16. The molecule has 15 heavy (non-hydrogen) atoms. The first kappa shape index (κ1) is 13.0. The van der Waals surface area contributed by atoms with E-state index in [1.807, 2.05) is 11.8 Å². The summed E-state index contributed by atoms with van der Waals surface area (Å²) >= 11 is 5.32. The third kappa shape index (κ3) is 5.57. The molecule has 0 aromatic carbocycles. The molecule has 0 saturated heterocycles. The molecule has 3 heteroatoms. The van der Waals surface area contributed by atoms with Crippen LogP contribution in [-0.4, -0.2) is 16.1 Å². The highest BCUT2D eigenvalue weighted by atomic mass is 79.9. The van der Waals surface area contributed by atoms with Crippen molar-refractivity contribution >= 4 is 27.7 Å². The molecular weight excluding hydrogens is 270 g/mol. The van der Waals surface area contributed by atoms with Crippen LogP contribution in [0.4, 0.5) is 0 Å². The fourth-order valence-corrected chi connectivity index (χ4v) is 2.86. The van der Waals surface area contributed by atoms with Crippen LogP contribution >= 0.6 is 27.7 Å². The molecule has 0 radical (unpaired) electrons. The first-order chi connectivity index (χ1) is 7.22. The SMILES string of the molecule is Cc1cc(C)nc(SCCCCCBr)c1. The minimum Gasteiger partial charge on any atom is -0.247 e. The molecule has 0 bridgehead atoms. The standard InChI is InChI=1S/C12H18BrNS/c1-10-8-11(2)14-12(9-10)15-7-5-3-4-6-13/h8-9H,3-7H2,1-2H3. The van der Waals surface area contributed by atoms with Crippen molar-refractivity contribution in [1.82, 2.24) is 4.98 Å². The second-order valence-electron chi connectivity index (χ2n) is 3.72. The number of unbranched alkanes of at least 4 members (excludes halogenated alkanes) is 2. The summed E-state index contributed by atoms with van der Waals surface area (Å²) in [4.78, 5) is 4.51. The summed E-state index contributed by atoms with van der Waals surface area (Å²) < 4.78 is 0. The van der Waals surface area contributed by atoms with Crippen molar-refractivity contribution in [2.75, 3.05) is 11.1 Å². The molecule has 0 fully saturated rings. The van der Waals surface area contributed by atoms with Crippen molar-refractivity contribution in [3.8, 4) is 0 Å². The molecule has 0 atom stereocenters. The van der Waals surface area contributed by atoms with Gasteiger partial charge in [-0.1, -0.05) is 22.4 Å². The van der Waals surface area contributed by atoms with Gasteiger partial charge in [0.15, 0.2) is 0 Å². The van der Waals surface area contributed by atoms with Crippen LogP contribution in [0.1, 0.15) is 30.5 Å². The third-order valence-corrected chi connectivity index (χ3v) is 3.66. The maximum Gasteiger partial charge on any atom is 0.0965 e. The van der Waals surface area contributed by atoms with E-state index in [1.165, 1.54) is 35.6 Å². The van der Waals surface area contributed by atoms with E-state index in [4.69, 9.17) is 0 Å². The van der Waals surface area contributed by atoms with Gasteiger partial charge in [0.05, 0.1) is 5.03 Å². The first-order valence-electron chi connectivity index (χ1n) is 5.36. The van der Waals surface area contributed by atoms with Gasteiger partial charge in [-0.15, -0.1) is 11.8 Å². The van der Waals surface area contributed by atoms with E-state index in [1.54, 1.807) is 0 Å². The summed E-state index contributed by atoms with van der Waals surface area (Å²) in [5.74, 6) is 1.18. The molecule has 0 aliphatic rings. The van der Waals surface area contributed by atoms with Crippen LogP contribution in [0.5, 0.6) is 0 Å². The minimum absolute atomic E-state index is 1.12. The van der Waals surface area contributed by atoms with Gasteiger partial charge in [-0.2, -0.15) is 0 Å². The van der Waals surface area contributed by atoms with E-state index in [-0.39, 0.29) is 0 Å². The Morgan fingerprint density at radius 1 is 1.20 bits per heavy atom. The molecule has 0 N–H and O–H groups in total. The maximum absolute atomic E-state index is 4.51. The largest absolute Gasteiger partial charge is 0.247 e. The van der Waals surface area contributed by atoms with Gasteiger partial charge < -0.3 is 0 Å². The molecule has 0 spiro atoms. The zero-order valence-corrected chi connectivity index (χ0v) is 11.8. The second-order valence-corrected chi connectivity index (χ2v) is 5.63. The number of halogens is 1. The second kappa shape index (κ2) is 7.29. The van der Waals surface area contributed by atoms with Gasteiger partial charge in [0, 0.05) is 11.0 Å². The van der Waals surface area contributed by atoms with E-state index >= 15 is 0 Å². The zero-order chi connectivity index (χ0) is 11.1. The van der Waals surface area contributed by atoms with Crippen LogP contribution in [0, 0.1) is 13.8 Å². The molecule has 0 unspecified atom stereocenters. The van der Waals surface area contributed by atoms with Gasteiger partial charge in [0.1, 0.15) is 0 Å². The van der Waals surface area contributed by atoms with Crippen LogP contribution in [-0.2, 0) is 0 Å². The molecule has 84 valence electrons. The normalized spacial score (nSPS) is 10.6. The van der Waals surface area contributed by atoms with Crippen LogP contribution < -0.4 is 0 Å². The number of aryl methyl sites for hydroxylation is 2. The summed E-state index contributed by atoms with van der Waals surface area (Å²) in [7, 11) is 0. The van der Waals surface area contributed by atoms with Gasteiger partial charge in [-0.3, -0.25) is 0 Å². The minimum atomic E-state index is 1.12. The predicted octanol–water partition coefficient (Wildman–Crippen LogP) is 4.36. The van der Waals surface area contributed by atoms with Crippen molar-refractivity contribution in [3.63, 3.8) is 0 Å². The molecule has 1 rings (SSSR count). The number of alkyl halides is 1. The van der Waals surface area contributed by atoms with E-state index < -0.39 is 0 Å². The smallest absolute Gasteiger partial charge is 0.0965 e. The van der Waals surface area contributed by atoms with Crippen molar-refractivity contribution in [3.05, 3.63) is 23.4 Å². The number of rotatable bonds is 6. The Bertz CT molecular complexity index is 281. The lowest BCUT2D eigenvalue weighted by molar-refractivity contribution is 0.788. The average molecular weight is 288 g/mol. The fourth-order valence-electron chi connectivity index (χ4n) is 1.43. The number of hydrogen-bond acceptors (Lipinski definition) is 2. The Hall–Kier alpha value is -0.0200. The number of thioether (sulfide) groups is 1. The Morgan fingerprint density at radius 3 is 2.67 bits per heavy atom. The zero-order valence-electron chi connectivity index (χ0n) is 9.42. The highest BCUT2D eigenvalue weighted by Gasteiger charge is 1.98. The summed E-state index contributed by atoms with van der Waals surface area (Å²) in [6.45, 7) is 4.19. The topological polar surface area (TPSA) is 12.9 Å². The van der Waals surface area contributed by atoms with Crippen LogP contribution in [0.15, 0.2) is 17.2 Å². The van der Waals surface area contributed by atoms with Crippen molar-refractivity contribution in [2.45, 2.75) is 38.1 Å². The van der Waals surface area contributed by atoms with E-state index in [0.717, 1.165) is 11.0 Å². The third-order valence-electron chi connectivity index (χ3n) is 2.10. The fraction of sp³-hybridized carbons (Fsp3) is 0.583. The predicted molar refractivity (Wildman–Crippen MR) is 72.1 cm³/mol. The van der Waals surface area contributed by atoms with Gasteiger partial charge in [-0.25, -0.2) is 4.98 Å². The monoisotopic (exact) mass is 287 g/mol. The molecule has 1 heterocycles. The van der Waals surface area contributed by atoms with E-state index in [9.17, 15) is 0 Å². The molecule has 0 aliphatic carbocycles. The number of nitrogens with zero attached hydrogens (tertiary/aromatic N) is 1. The quantitative estimate of drug-likeness (QED) is 0.438. The van der Waals surface area contributed by atoms with Crippen molar-refractivity contribution in [1.29, 1.82) is 0 Å². The Morgan fingerprint density at radius 2 is 2.00 bits per heavy atom. The van der Waals surface area contributed by atoms with E-state index in [2.05, 4.69) is 46.9 Å². The Kier molecular flexibility index (Phi) is 6.34. The number of pyridine rings is 1. The van der Waals surface area contributed by atoms with Crippen molar-refractivity contribution in [2.24, 2.45) is 0 Å². The number of aromatic nitrogens is 1. The van der Waals surface area contributed by atoms with Gasteiger partial charge in [0.2, 0.25) is 0 Å². The summed E-state index contributed by atoms with van der Waals surface area (Å²) in [6, 6.07) is 4.29. The van der Waals surface area contributed by atoms with E-state index in [0.29, 0.717) is 0 Å². The lowest BCUT2D eigenvalue weighted by Gasteiger charge is -2.03. The number of hydrogen-bond donors (Lipinski definition) is 0. The molecule has 0 amide bonds. The molecule has 1 aromatic rings. The van der Waals surface area contributed by atoms with Gasteiger partial charge in [-0.05, 0) is 50.1 Å². The molecule has 1 nitrogen and oxygen atoms in total. The lowest BCUT2D eigenvalue weighted by atomic mass is 10.3. The molecule has 0 aliphatic heterocycles. The van der Waals surface area contributed by atoms with Crippen molar-refractivity contribution < 1.29 is 0 Å². The first-order valence-corrected chi connectivity index (χ1v) is 7.47. The Balaban J connectivity index is 2.31. The highest BCUT2D eigenvalue weighted by Crippen LogP contribution is 2.19.